The van der Waals surface area contributed by atoms with Gasteiger partial charge in [0.25, 0.3) is 0 Å². The van der Waals surface area contributed by atoms with Gasteiger partial charge in [-0.15, -0.1) is 0 Å². The van der Waals surface area contributed by atoms with Crippen molar-refractivity contribution in [3.63, 3.8) is 0 Å². The van der Waals surface area contributed by atoms with Gasteiger partial charge in [0.1, 0.15) is 17.3 Å². The first-order valence-electron chi connectivity index (χ1n) is 6.70. The Balaban J connectivity index is 1.78. The van der Waals surface area contributed by atoms with Gasteiger partial charge in [-0.25, -0.2) is 8.78 Å². The molecule has 1 aromatic rings. The highest BCUT2D eigenvalue weighted by atomic mass is 19.1. The first-order valence-corrected chi connectivity index (χ1v) is 6.70. The molecule has 0 aromatic heterocycles. The lowest BCUT2D eigenvalue weighted by Crippen LogP contribution is -2.34. The lowest BCUT2D eigenvalue weighted by molar-refractivity contribution is -0.115. The monoisotopic (exact) mass is 284 g/mol. The number of nitrogens with one attached hydrogen (secondary N) is 2. The predicted molar refractivity (Wildman–Crippen MR) is 71.2 cm³/mol. The van der Waals surface area contributed by atoms with Gasteiger partial charge in [-0.1, -0.05) is 12.5 Å². The van der Waals surface area contributed by atoms with Crippen LogP contribution in [0, 0.1) is 17.6 Å². The maximum Gasteiger partial charge on any atom is 0.238 e. The molecule has 0 bridgehead atoms. The number of amides is 1. The zero-order valence-corrected chi connectivity index (χ0v) is 11.0. The van der Waals surface area contributed by atoms with E-state index in [1.165, 1.54) is 6.07 Å². The second kappa shape index (κ2) is 6.76. The zero-order chi connectivity index (χ0) is 14.5. The molecule has 3 N–H and O–H groups in total. The molecule has 6 heteroatoms. The summed E-state index contributed by atoms with van der Waals surface area (Å²) in [7, 11) is 0. The Hall–Kier alpha value is -1.53. The largest absolute Gasteiger partial charge is 0.393 e. The van der Waals surface area contributed by atoms with Gasteiger partial charge in [0, 0.05) is 6.54 Å². The Morgan fingerprint density at radius 1 is 1.30 bits per heavy atom. The smallest absolute Gasteiger partial charge is 0.238 e. The number of benzene rings is 1. The second-order valence-corrected chi connectivity index (χ2v) is 5.03. The van der Waals surface area contributed by atoms with Gasteiger partial charge in [0.2, 0.25) is 5.91 Å². The van der Waals surface area contributed by atoms with E-state index in [9.17, 15) is 18.7 Å². The molecule has 1 amide bonds. The van der Waals surface area contributed by atoms with Crippen LogP contribution >= 0.6 is 0 Å². The first kappa shape index (κ1) is 14.9. The van der Waals surface area contributed by atoms with Gasteiger partial charge in [-0.05, 0) is 30.9 Å². The van der Waals surface area contributed by atoms with Crippen molar-refractivity contribution in [2.24, 2.45) is 5.92 Å². The van der Waals surface area contributed by atoms with Gasteiger partial charge >= 0.3 is 0 Å². The third kappa shape index (κ3) is 3.74. The number of hydrogen-bond acceptors (Lipinski definition) is 3. The number of carbonyl (C=O) groups is 1. The predicted octanol–water partition coefficient (Wildman–Crippen LogP) is 1.65. The van der Waals surface area contributed by atoms with Crippen molar-refractivity contribution < 1.29 is 18.7 Å². The van der Waals surface area contributed by atoms with Crippen LogP contribution in [0.5, 0.6) is 0 Å². The number of halogens is 2. The molecule has 1 fully saturated rings. The molecule has 20 heavy (non-hydrogen) atoms. The molecule has 0 spiro atoms. The minimum atomic E-state index is -0.801. The molecule has 2 rings (SSSR count). The highest BCUT2D eigenvalue weighted by Crippen LogP contribution is 2.24. The third-order valence-electron chi connectivity index (χ3n) is 3.54. The van der Waals surface area contributed by atoms with Crippen LogP contribution in [0.25, 0.3) is 0 Å². The van der Waals surface area contributed by atoms with Gasteiger partial charge in [-0.2, -0.15) is 0 Å². The van der Waals surface area contributed by atoms with E-state index in [0.717, 1.165) is 31.4 Å². The average Bonchev–Trinajstić information content (AvgIpc) is 2.80. The third-order valence-corrected chi connectivity index (χ3v) is 3.54. The van der Waals surface area contributed by atoms with Crippen molar-refractivity contribution in [1.82, 2.24) is 5.32 Å². The lowest BCUT2D eigenvalue weighted by atomic mass is 10.1. The molecular formula is C14H18F2N2O2. The van der Waals surface area contributed by atoms with Gasteiger partial charge < -0.3 is 15.7 Å². The topological polar surface area (TPSA) is 61.4 Å². The number of aliphatic hydroxyl groups excluding tert-OH is 1. The van der Waals surface area contributed by atoms with Crippen LogP contribution < -0.4 is 10.6 Å². The fourth-order valence-electron chi connectivity index (χ4n) is 2.43. The van der Waals surface area contributed by atoms with Crippen LogP contribution in [0.4, 0.5) is 14.5 Å². The SMILES string of the molecule is O=C(CNCC1CCCC1O)Nc1c(F)cccc1F. The van der Waals surface area contributed by atoms with Crippen LogP contribution in [0.2, 0.25) is 0 Å². The molecule has 2 atom stereocenters. The number of carbonyl (C=O) groups excluding carboxylic acids is 1. The highest BCUT2D eigenvalue weighted by molar-refractivity contribution is 5.92. The van der Waals surface area contributed by atoms with E-state index in [2.05, 4.69) is 10.6 Å². The van der Waals surface area contributed by atoms with Crippen LogP contribution in [-0.2, 0) is 4.79 Å². The van der Waals surface area contributed by atoms with E-state index in [1.807, 2.05) is 0 Å². The fourth-order valence-corrected chi connectivity index (χ4v) is 2.43. The molecule has 0 heterocycles. The number of para-hydroxylation sites is 1. The van der Waals surface area contributed by atoms with Crippen molar-refractivity contribution in [1.29, 1.82) is 0 Å². The van der Waals surface area contributed by atoms with Gasteiger partial charge in [-0.3, -0.25) is 4.79 Å². The molecule has 2 unspecified atom stereocenters. The van der Waals surface area contributed by atoms with Crippen LogP contribution in [-0.4, -0.2) is 30.2 Å². The number of aliphatic hydroxyl groups is 1. The summed E-state index contributed by atoms with van der Waals surface area (Å²) >= 11 is 0. The van der Waals surface area contributed by atoms with Gasteiger partial charge in [0.05, 0.1) is 12.6 Å². The normalized spacial score (nSPS) is 21.9. The molecular weight excluding hydrogens is 266 g/mol. The van der Waals surface area contributed by atoms with E-state index >= 15 is 0 Å². The Morgan fingerprint density at radius 3 is 2.60 bits per heavy atom. The minimum absolute atomic E-state index is 0.0446. The van der Waals surface area contributed by atoms with Gasteiger partial charge in [0.15, 0.2) is 0 Å². The summed E-state index contributed by atoms with van der Waals surface area (Å²) in [6.45, 7) is 0.478. The second-order valence-electron chi connectivity index (χ2n) is 5.03. The standard InChI is InChI=1S/C14H18F2N2O2/c15-10-4-2-5-11(16)14(10)18-13(20)8-17-7-9-3-1-6-12(9)19/h2,4-5,9,12,17,19H,1,3,6-8H2,(H,18,20). The molecule has 0 saturated heterocycles. The van der Waals surface area contributed by atoms with Crippen LogP contribution in [0.15, 0.2) is 18.2 Å². The summed E-state index contributed by atoms with van der Waals surface area (Å²) < 4.78 is 26.6. The Bertz CT molecular complexity index is 462. The summed E-state index contributed by atoms with van der Waals surface area (Å²) in [6.07, 6.45) is 2.38. The van der Waals surface area contributed by atoms with Crippen molar-refractivity contribution in [2.45, 2.75) is 25.4 Å². The van der Waals surface area contributed by atoms with E-state index in [0.29, 0.717) is 6.54 Å². The molecule has 1 aromatic carbocycles. The quantitative estimate of drug-likeness (QED) is 0.770. The van der Waals surface area contributed by atoms with E-state index in [-0.39, 0.29) is 18.6 Å². The van der Waals surface area contributed by atoms with Crippen molar-refractivity contribution in [3.8, 4) is 0 Å². The average molecular weight is 284 g/mol. The number of anilines is 1. The Kier molecular flexibility index (Phi) is 5.03. The first-order chi connectivity index (χ1) is 9.58. The van der Waals surface area contributed by atoms with Crippen molar-refractivity contribution in [3.05, 3.63) is 29.8 Å². The lowest BCUT2D eigenvalue weighted by Gasteiger charge is -2.15. The fraction of sp³-hybridized carbons (Fsp3) is 0.500. The molecule has 110 valence electrons. The van der Waals surface area contributed by atoms with Crippen molar-refractivity contribution >= 4 is 11.6 Å². The summed E-state index contributed by atoms with van der Waals surface area (Å²) in [5.74, 6) is -1.97. The van der Waals surface area contributed by atoms with E-state index in [1.54, 1.807) is 0 Å². The molecule has 1 aliphatic rings. The summed E-state index contributed by atoms with van der Waals surface area (Å²) in [5, 5.41) is 14.7. The van der Waals surface area contributed by atoms with Crippen molar-refractivity contribution in [2.75, 3.05) is 18.4 Å². The summed E-state index contributed by atoms with van der Waals surface area (Å²) in [5.41, 5.74) is -0.430. The van der Waals surface area contributed by atoms with E-state index < -0.39 is 23.2 Å². The summed E-state index contributed by atoms with van der Waals surface area (Å²) in [6, 6.07) is 3.40. The Morgan fingerprint density at radius 2 is 2.00 bits per heavy atom. The highest BCUT2D eigenvalue weighted by Gasteiger charge is 2.24. The molecule has 1 aliphatic carbocycles. The van der Waals surface area contributed by atoms with Crippen LogP contribution in [0.3, 0.4) is 0 Å². The minimum Gasteiger partial charge on any atom is -0.393 e. The molecule has 0 aliphatic heterocycles. The van der Waals surface area contributed by atoms with Crippen LogP contribution in [0.1, 0.15) is 19.3 Å². The zero-order valence-electron chi connectivity index (χ0n) is 11.0. The number of hydrogen-bond donors (Lipinski definition) is 3. The number of rotatable bonds is 5. The van der Waals surface area contributed by atoms with E-state index in [4.69, 9.17) is 0 Å². The maximum atomic E-state index is 13.3. The Labute approximate surface area is 116 Å². The molecule has 0 radical (unpaired) electrons. The molecule has 4 nitrogen and oxygen atoms in total. The summed E-state index contributed by atoms with van der Waals surface area (Å²) in [4.78, 5) is 11.6. The molecule has 1 saturated carbocycles. The maximum absolute atomic E-state index is 13.3.